The molecule has 19 heavy (non-hydrogen) atoms. The van der Waals surface area contributed by atoms with E-state index in [1.165, 1.54) is 44.1 Å². The van der Waals surface area contributed by atoms with Crippen molar-refractivity contribution in [1.82, 2.24) is 0 Å². The summed E-state index contributed by atoms with van der Waals surface area (Å²) < 4.78 is 0.187. The molecule has 1 saturated carbocycles. The molecule has 0 heterocycles. The Labute approximate surface area is 132 Å². The van der Waals surface area contributed by atoms with Crippen LogP contribution in [0.5, 0.6) is 0 Å². The minimum atomic E-state index is 0.187. The molecule has 0 amide bonds. The fourth-order valence-electron chi connectivity index (χ4n) is 1.93. The van der Waals surface area contributed by atoms with Gasteiger partial charge in [-0.2, -0.15) is 0 Å². The molecule has 1 aliphatic carbocycles. The predicted molar refractivity (Wildman–Crippen MR) is 93.0 cm³/mol. The van der Waals surface area contributed by atoms with E-state index in [0.29, 0.717) is 6.42 Å². The van der Waals surface area contributed by atoms with Crippen molar-refractivity contribution in [2.75, 3.05) is 0 Å². The molecular weight excluding hydrogens is 347 g/mol. The molecule has 0 unspecified atom stereocenters. The van der Waals surface area contributed by atoms with Gasteiger partial charge in [-0.05, 0) is 35.1 Å². The van der Waals surface area contributed by atoms with Gasteiger partial charge in [0, 0.05) is 6.42 Å². The fraction of sp³-hybridized carbons (Fsp3) is 0.588. The maximum absolute atomic E-state index is 10.7. The molecule has 2 heteroatoms. The van der Waals surface area contributed by atoms with E-state index >= 15 is 0 Å². The highest BCUT2D eigenvalue weighted by molar-refractivity contribution is 14.1. The van der Waals surface area contributed by atoms with Gasteiger partial charge in [-0.1, -0.05) is 82.2 Å². The Morgan fingerprint density at radius 3 is 1.63 bits per heavy atom. The van der Waals surface area contributed by atoms with Gasteiger partial charge in [0.1, 0.15) is 0 Å². The molecule has 0 bridgehead atoms. The monoisotopic (exact) mass is 374 g/mol. The van der Waals surface area contributed by atoms with Gasteiger partial charge in [0.2, 0.25) is 0 Å². The summed E-state index contributed by atoms with van der Waals surface area (Å²) in [5.41, 5.74) is 2.32. The number of benzene rings is 1. The first-order valence-electron chi connectivity index (χ1n) is 7.42. The van der Waals surface area contributed by atoms with Crippen LogP contribution in [0.15, 0.2) is 24.3 Å². The second-order valence-corrected chi connectivity index (χ2v) is 5.84. The highest BCUT2D eigenvalue weighted by Crippen LogP contribution is 2.15. The SMILES string of the molecule is C1CCCCC1.CC.Cc1ccc(CC(=O)I)cc1. The van der Waals surface area contributed by atoms with E-state index in [4.69, 9.17) is 0 Å². The highest BCUT2D eigenvalue weighted by Gasteiger charge is 1.97. The molecule has 0 aliphatic heterocycles. The number of rotatable bonds is 2. The first-order valence-corrected chi connectivity index (χ1v) is 8.50. The molecule has 108 valence electrons. The quantitative estimate of drug-likeness (QED) is 0.468. The summed E-state index contributed by atoms with van der Waals surface area (Å²) in [7, 11) is 0. The third kappa shape index (κ3) is 11.2. The lowest BCUT2D eigenvalue weighted by Crippen LogP contribution is -1.91. The molecule has 0 atom stereocenters. The minimum Gasteiger partial charge on any atom is -0.287 e. The average Bonchev–Trinajstić information content (AvgIpc) is 2.46. The van der Waals surface area contributed by atoms with Crippen LogP contribution < -0.4 is 0 Å². The summed E-state index contributed by atoms with van der Waals surface area (Å²) >= 11 is 1.82. The first-order chi connectivity index (χ1) is 9.18. The van der Waals surface area contributed by atoms with E-state index in [0.717, 1.165) is 5.56 Å². The molecule has 2 rings (SSSR count). The topological polar surface area (TPSA) is 17.1 Å². The first kappa shape index (κ1) is 18.6. The van der Waals surface area contributed by atoms with Gasteiger partial charge < -0.3 is 0 Å². The highest BCUT2D eigenvalue weighted by atomic mass is 127. The normalized spacial score (nSPS) is 13.5. The summed E-state index contributed by atoms with van der Waals surface area (Å²) in [6, 6.07) is 8.03. The summed E-state index contributed by atoms with van der Waals surface area (Å²) in [6.07, 6.45) is 9.54. The smallest absolute Gasteiger partial charge is 0.196 e. The molecular formula is C17H27IO. The molecule has 0 aromatic heterocycles. The standard InChI is InChI=1S/C9H9IO.C6H12.C2H6/c1-7-2-4-8(5-3-7)6-9(10)11;1-2-4-6-5-3-1;1-2/h2-5H,6H2,1H3;1-6H2;1-2H3. The van der Waals surface area contributed by atoms with Crippen molar-refractivity contribution in [2.45, 2.75) is 65.7 Å². The van der Waals surface area contributed by atoms with Crippen LogP contribution in [0.1, 0.15) is 63.5 Å². The number of carbonyl (C=O) groups excluding carboxylic acids is 1. The summed E-state index contributed by atoms with van der Waals surface area (Å²) in [6.45, 7) is 6.04. The van der Waals surface area contributed by atoms with Gasteiger partial charge in [-0.25, -0.2) is 0 Å². The summed E-state index contributed by atoms with van der Waals surface area (Å²) in [5, 5.41) is 0. The van der Waals surface area contributed by atoms with Crippen LogP contribution in [0.4, 0.5) is 0 Å². The van der Waals surface area contributed by atoms with E-state index in [1.54, 1.807) is 0 Å². The van der Waals surface area contributed by atoms with Crippen molar-refractivity contribution in [3.05, 3.63) is 35.4 Å². The lowest BCUT2D eigenvalue weighted by molar-refractivity contribution is -0.108. The van der Waals surface area contributed by atoms with Crippen molar-refractivity contribution < 1.29 is 4.79 Å². The van der Waals surface area contributed by atoms with Gasteiger partial charge >= 0.3 is 0 Å². The fourth-order valence-corrected chi connectivity index (χ4v) is 2.37. The third-order valence-electron chi connectivity index (χ3n) is 2.96. The van der Waals surface area contributed by atoms with Gasteiger partial charge in [-0.3, -0.25) is 4.79 Å². The molecule has 1 aliphatic rings. The Bertz CT molecular complexity index is 314. The molecule has 0 N–H and O–H groups in total. The second kappa shape index (κ2) is 12.6. The second-order valence-electron chi connectivity index (χ2n) is 4.64. The lowest BCUT2D eigenvalue weighted by atomic mass is 10.0. The molecule has 1 aromatic rings. The van der Waals surface area contributed by atoms with Gasteiger partial charge in [0.25, 0.3) is 0 Å². The Morgan fingerprint density at radius 1 is 0.947 bits per heavy atom. The zero-order chi connectivity index (χ0) is 14.5. The van der Waals surface area contributed by atoms with Crippen molar-refractivity contribution in [1.29, 1.82) is 0 Å². The van der Waals surface area contributed by atoms with Crippen LogP contribution >= 0.6 is 22.6 Å². The average molecular weight is 374 g/mol. The predicted octanol–water partition coefficient (Wildman–Crippen LogP) is 5.87. The van der Waals surface area contributed by atoms with Crippen LogP contribution in [0.2, 0.25) is 0 Å². The zero-order valence-electron chi connectivity index (χ0n) is 12.5. The van der Waals surface area contributed by atoms with Crippen LogP contribution in [-0.2, 0) is 11.2 Å². The zero-order valence-corrected chi connectivity index (χ0v) is 14.7. The Morgan fingerprint density at radius 2 is 1.32 bits per heavy atom. The van der Waals surface area contributed by atoms with Crippen LogP contribution in [-0.4, -0.2) is 3.79 Å². The van der Waals surface area contributed by atoms with E-state index < -0.39 is 0 Å². The van der Waals surface area contributed by atoms with Crippen molar-refractivity contribution >= 4 is 26.4 Å². The molecule has 1 nitrogen and oxygen atoms in total. The van der Waals surface area contributed by atoms with E-state index in [-0.39, 0.29) is 3.79 Å². The van der Waals surface area contributed by atoms with E-state index in [9.17, 15) is 4.79 Å². The number of hydrogen-bond acceptors (Lipinski definition) is 1. The summed E-state index contributed by atoms with van der Waals surface area (Å²) in [5.74, 6) is 0. The number of hydrogen-bond donors (Lipinski definition) is 0. The largest absolute Gasteiger partial charge is 0.287 e. The van der Waals surface area contributed by atoms with E-state index in [1.807, 2.05) is 67.6 Å². The summed E-state index contributed by atoms with van der Waals surface area (Å²) in [4.78, 5) is 10.7. The Kier molecular flexibility index (Phi) is 12.4. The number of carbonyl (C=O) groups is 1. The van der Waals surface area contributed by atoms with E-state index in [2.05, 4.69) is 0 Å². The van der Waals surface area contributed by atoms with Crippen molar-refractivity contribution in [3.63, 3.8) is 0 Å². The lowest BCUT2D eigenvalue weighted by Gasteiger charge is -2.05. The maximum Gasteiger partial charge on any atom is 0.196 e. The molecule has 0 spiro atoms. The number of halogens is 1. The van der Waals surface area contributed by atoms with Crippen molar-refractivity contribution in [3.8, 4) is 0 Å². The Hall–Kier alpha value is -0.380. The molecule has 0 radical (unpaired) electrons. The van der Waals surface area contributed by atoms with Crippen LogP contribution in [0, 0.1) is 6.92 Å². The molecule has 0 saturated heterocycles. The maximum atomic E-state index is 10.7. The van der Waals surface area contributed by atoms with Crippen LogP contribution in [0.3, 0.4) is 0 Å². The Balaban J connectivity index is 0.000000341. The minimum absolute atomic E-state index is 0.187. The molecule has 1 aromatic carbocycles. The van der Waals surface area contributed by atoms with Gasteiger partial charge in [0.15, 0.2) is 3.79 Å². The van der Waals surface area contributed by atoms with Gasteiger partial charge in [0.05, 0.1) is 0 Å². The third-order valence-corrected chi connectivity index (χ3v) is 3.35. The van der Waals surface area contributed by atoms with Crippen molar-refractivity contribution in [2.24, 2.45) is 0 Å². The van der Waals surface area contributed by atoms with Crippen LogP contribution in [0.25, 0.3) is 0 Å². The van der Waals surface area contributed by atoms with Gasteiger partial charge in [-0.15, -0.1) is 0 Å². The molecule has 1 fully saturated rings. The number of aryl methyl sites for hydroxylation is 1.